The van der Waals surface area contributed by atoms with Crippen LogP contribution in [0.25, 0.3) is 0 Å². The lowest BCUT2D eigenvalue weighted by Gasteiger charge is -2.08. The minimum atomic E-state index is -0.702. The van der Waals surface area contributed by atoms with Gasteiger partial charge in [0.1, 0.15) is 0 Å². The number of hydrogen-bond acceptors (Lipinski definition) is 4. The Morgan fingerprint density at radius 2 is 1.92 bits per heavy atom. The number of nitrogens with zero attached hydrogens (tertiary/aromatic N) is 1. The Morgan fingerprint density at radius 1 is 1.31 bits per heavy atom. The van der Waals surface area contributed by atoms with Crippen LogP contribution in [0.3, 0.4) is 0 Å². The first kappa shape index (κ1) is 10.0. The molecule has 0 bridgehead atoms. The van der Waals surface area contributed by atoms with E-state index >= 15 is 0 Å². The highest BCUT2D eigenvalue weighted by atomic mass is 16.6. The second kappa shape index (κ2) is 4.84. The van der Waals surface area contributed by atoms with Crippen molar-refractivity contribution in [1.29, 1.82) is 0 Å². The van der Waals surface area contributed by atoms with Gasteiger partial charge in [-0.3, -0.25) is 4.52 Å². The predicted octanol–water partition coefficient (Wildman–Crippen LogP) is 2.31. The quantitative estimate of drug-likeness (QED) is 0.706. The zero-order chi connectivity index (χ0) is 9.68. The molecule has 0 fully saturated rings. The average Bonchev–Trinajstić information content (AvgIpc) is 2.51. The van der Waals surface area contributed by atoms with Crippen LogP contribution in [-0.2, 0) is 0 Å². The standard InChI is InChI=1S/C9H15NO3/c1-3-5-7(6-4-2)8-10-13-9(11)12-8/h7H,3-6H2,1-2H3. The first-order valence-corrected chi connectivity index (χ1v) is 4.74. The molecule has 0 aliphatic carbocycles. The van der Waals surface area contributed by atoms with Gasteiger partial charge < -0.3 is 4.42 Å². The van der Waals surface area contributed by atoms with Gasteiger partial charge in [-0.2, -0.15) is 0 Å². The van der Waals surface area contributed by atoms with Gasteiger partial charge >= 0.3 is 5.82 Å². The molecule has 0 amide bonds. The molecule has 0 radical (unpaired) electrons. The number of rotatable bonds is 5. The molecule has 0 saturated heterocycles. The van der Waals surface area contributed by atoms with Crippen molar-refractivity contribution in [1.82, 2.24) is 5.16 Å². The topological polar surface area (TPSA) is 56.2 Å². The van der Waals surface area contributed by atoms with Gasteiger partial charge in [0.2, 0.25) is 5.89 Å². The van der Waals surface area contributed by atoms with Gasteiger partial charge in [0.25, 0.3) is 0 Å². The molecular formula is C9H15NO3. The summed E-state index contributed by atoms with van der Waals surface area (Å²) >= 11 is 0. The van der Waals surface area contributed by atoms with E-state index in [1.807, 2.05) is 0 Å². The lowest BCUT2D eigenvalue weighted by Crippen LogP contribution is -1.99. The molecule has 1 rings (SSSR count). The van der Waals surface area contributed by atoms with E-state index in [-0.39, 0.29) is 5.92 Å². The maximum absolute atomic E-state index is 10.6. The summed E-state index contributed by atoms with van der Waals surface area (Å²) < 4.78 is 9.18. The van der Waals surface area contributed by atoms with Crippen molar-refractivity contribution in [3.63, 3.8) is 0 Å². The highest BCUT2D eigenvalue weighted by Crippen LogP contribution is 2.23. The molecule has 0 aliphatic heterocycles. The van der Waals surface area contributed by atoms with E-state index in [9.17, 15) is 4.79 Å². The van der Waals surface area contributed by atoms with Crippen LogP contribution in [0.1, 0.15) is 51.3 Å². The van der Waals surface area contributed by atoms with Crippen molar-refractivity contribution in [3.05, 3.63) is 16.5 Å². The van der Waals surface area contributed by atoms with Crippen LogP contribution < -0.4 is 5.82 Å². The summed E-state index contributed by atoms with van der Waals surface area (Å²) in [5, 5.41) is 3.60. The first-order chi connectivity index (χ1) is 6.27. The minimum absolute atomic E-state index is 0.237. The largest absolute Gasteiger partial charge is 0.542 e. The van der Waals surface area contributed by atoms with Crippen molar-refractivity contribution < 1.29 is 8.94 Å². The molecule has 0 saturated carbocycles. The summed E-state index contributed by atoms with van der Waals surface area (Å²) in [5.41, 5.74) is 0. The highest BCUT2D eigenvalue weighted by molar-refractivity contribution is 4.86. The van der Waals surface area contributed by atoms with Crippen molar-refractivity contribution in [2.24, 2.45) is 0 Å². The third-order valence-corrected chi connectivity index (χ3v) is 2.02. The van der Waals surface area contributed by atoms with Crippen LogP contribution in [-0.4, -0.2) is 5.16 Å². The molecule has 1 heterocycles. The van der Waals surface area contributed by atoms with E-state index in [4.69, 9.17) is 4.42 Å². The monoisotopic (exact) mass is 185 g/mol. The third kappa shape index (κ3) is 2.72. The van der Waals surface area contributed by atoms with E-state index in [1.165, 1.54) is 0 Å². The predicted molar refractivity (Wildman–Crippen MR) is 47.6 cm³/mol. The lowest BCUT2D eigenvalue weighted by atomic mass is 9.98. The van der Waals surface area contributed by atoms with Gasteiger partial charge in [-0.1, -0.05) is 26.7 Å². The van der Waals surface area contributed by atoms with Crippen LogP contribution >= 0.6 is 0 Å². The smallest absolute Gasteiger partial charge is 0.375 e. The molecule has 0 N–H and O–H groups in total. The Balaban J connectivity index is 2.69. The van der Waals surface area contributed by atoms with Gasteiger partial charge in [-0.25, -0.2) is 4.79 Å². The first-order valence-electron chi connectivity index (χ1n) is 4.74. The van der Waals surface area contributed by atoms with Crippen LogP contribution in [0.4, 0.5) is 0 Å². The van der Waals surface area contributed by atoms with Crippen molar-refractivity contribution in [2.45, 2.75) is 45.4 Å². The maximum Gasteiger partial charge on any atom is 0.542 e. The Hall–Kier alpha value is -1.06. The normalized spacial score (nSPS) is 11.0. The zero-order valence-electron chi connectivity index (χ0n) is 8.08. The van der Waals surface area contributed by atoms with Gasteiger partial charge in [0.05, 0.1) is 0 Å². The third-order valence-electron chi connectivity index (χ3n) is 2.02. The lowest BCUT2D eigenvalue weighted by molar-refractivity contribution is 0.332. The Kier molecular flexibility index (Phi) is 3.73. The molecule has 4 nitrogen and oxygen atoms in total. The van der Waals surface area contributed by atoms with E-state index in [0.29, 0.717) is 5.89 Å². The Morgan fingerprint density at radius 3 is 2.31 bits per heavy atom. The van der Waals surface area contributed by atoms with Crippen molar-refractivity contribution >= 4 is 0 Å². The summed E-state index contributed by atoms with van der Waals surface area (Å²) in [4.78, 5) is 10.6. The molecule has 0 atom stereocenters. The van der Waals surface area contributed by atoms with E-state index in [1.54, 1.807) is 0 Å². The average molecular weight is 185 g/mol. The molecule has 4 heteroatoms. The zero-order valence-corrected chi connectivity index (χ0v) is 8.08. The Labute approximate surface area is 76.9 Å². The van der Waals surface area contributed by atoms with E-state index in [0.717, 1.165) is 25.7 Å². The van der Waals surface area contributed by atoms with Gasteiger partial charge in [0.15, 0.2) is 0 Å². The van der Waals surface area contributed by atoms with Gasteiger partial charge in [-0.15, -0.1) is 0 Å². The van der Waals surface area contributed by atoms with E-state index < -0.39 is 5.82 Å². The summed E-state index contributed by atoms with van der Waals surface area (Å²) in [7, 11) is 0. The van der Waals surface area contributed by atoms with Gasteiger partial charge in [-0.05, 0) is 18.0 Å². The number of hydrogen-bond donors (Lipinski definition) is 0. The van der Waals surface area contributed by atoms with Crippen LogP contribution in [0, 0.1) is 0 Å². The molecular weight excluding hydrogens is 170 g/mol. The summed E-state index contributed by atoms with van der Waals surface area (Å²) in [6.07, 6.45) is 4.09. The highest BCUT2D eigenvalue weighted by Gasteiger charge is 2.16. The second-order valence-electron chi connectivity index (χ2n) is 3.15. The number of aromatic nitrogens is 1. The van der Waals surface area contributed by atoms with Gasteiger partial charge in [0, 0.05) is 5.92 Å². The molecule has 1 aromatic heterocycles. The fraction of sp³-hybridized carbons (Fsp3) is 0.778. The maximum atomic E-state index is 10.6. The van der Waals surface area contributed by atoms with Crippen molar-refractivity contribution in [3.8, 4) is 0 Å². The summed E-state index contributed by atoms with van der Waals surface area (Å²) in [5.74, 6) is -0.0117. The fourth-order valence-electron chi connectivity index (χ4n) is 1.45. The second-order valence-corrected chi connectivity index (χ2v) is 3.15. The molecule has 0 spiro atoms. The van der Waals surface area contributed by atoms with Crippen LogP contribution in [0.15, 0.2) is 13.7 Å². The molecule has 0 unspecified atom stereocenters. The van der Waals surface area contributed by atoms with E-state index in [2.05, 4.69) is 23.5 Å². The van der Waals surface area contributed by atoms with Crippen LogP contribution in [0.5, 0.6) is 0 Å². The molecule has 74 valence electrons. The molecule has 0 aliphatic rings. The molecule has 1 aromatic rings. The minimum Gasteiger partial charge on any atom is -0.375 e. The Bertz CT molecular complexity index is 283. The SMILES string of the molecule is CCCC(CCC)c1noc(=O)o1. The summed E-state index contributed by atoms with van der Waals surface area (Å²) in [6, 6.07) is 0. The summed E-state index contributed by atoms with van der Waals surface area (Å²) in [6.45, 7) is 4.20. The molecule has 0 aromatic carbocycles. The van der Waals surface area contributed by atoms with Crippen LogP contribution in [0.2, 0.25) is 0 Å². The molecule has 13 heavy (non-hydrogen) atoms. The van der Waals surface area contributed by atoms with Crippen molar-refractivity contribution in [2.75, 3.05) is 0 Å². The fourth-order valence-corrected chi connectivity index (χ4v) is 1.45.